The summed E-state index contributed by atoms with van der Waals surface area (Å²) in [7, 11) is -3.00. The van der Waals surface area contributed by atoms with Gasteiger partial charge in [-0.25, -0.2) is 0 Å². The van der Waals surface area contributed by atoms with Crippen LogP contribution in [0.4, 0.5) is 5.69 Å². The molecule has 34 heavy (non-hydrogen) atoms. The lowest BCUT2D eigenvalue weighted by Crippen LogP contribution is -2.50. The number of hydrogen-bond acceptors (Lipinski definition) is 5. The van der Waals surface area contributed by atoms with Gasteiger partial charge in [-0.3, -0.25) is 4.79 Å². The van der Waals surface area contributed by atoms with Crippen LogP contribution in [-0.2, 0) is 27.5 Å². The molecule has 0 radical (unpaired) electrons. The van der Waals surface area contributed by atoms with Gasteiger partial charge in [0.1, 0.15) is 11.8 Å². The molecule has 1 aromatic heterocycles. The van der Waals surface area contributed by atoms with E-state index in [1.807, 2.05) is 48.2 Å². The molecule has 8 nitrogen and oxygen atoms in total. The van der Waals surface area contributed by atoms with Gasteiger partial charge in [0.15, 0.2) is 6.26 Å². The summed E-state index contributed by atoms with van der Waals surface area (Å²) in [6.07, 6.45) is 4.37. The van der Waals surface area contributed by atoms with Crippen LogP contribution in [0.15, 0.2) is 59.5 Å². The number of fused-ring (bicyclic) bond motifs is 1. The second-order valence-electron chi connectivity index (χ2n) is 9.01. The second-order valence-corrected chi connectivity index (χ2v) is 11.1. The van der Waals surface area contributed by atoms with Crippen molar-refractivity contribution in [2.24, 2.45) is 0 Å². The summed E-state index contributed by atoms with van der Waals surface area (Å²) in [5.74, 6) is 0.281. The van der Waals surface area contributed by atoms with Crippen LogP contribution in [-0.4, -0.2) is 57.2 Å². The van der Waals surface area contributed by atoms with Crippen molar-refractivity contribution in [3.63, 3.8) is 0 Å². The van der Waals surface area contributed by atoms with Gasteiger partial charge in [-0.05, 0) is 40.0 Å². The number of hydrogen-bond donors (Lipinski definition) is 1. The Morgan fingerprint density at radius 1 is 1.03 bits per heavy atom. The van der Waals surface area contributed by atoms with Gasteiger partial charge in [0.25, 0.3) is 10.4 Å². The van der Waals surface area contributed by atoms with Crippen LogP contribution >= 0.6 is 0 Å². The van der Waals surface area contributed by atoms with E-state index in [1.165, 1.54) is 22.1 Å². The van der Waals surface area contributed by atoms with Crippen molar-refractivity contribution >= 4 is 16.1 Å². The maximum Gasteiger partial charge on any atom is 0.316 e. The number of rotatable bonds is 5. The van der Waals surface area contributed by atoms with Crippen molar-refractivity contribution in [2.75, 3.05) is 37.3 Å². The van der Waals surface area contributed by atoms with Crippen LogP contribution in [0.2, 0.25) is 0 Å². The van der Waals surface area contributed by atoms with Gasteiger partial charge in [0, 0.05) is 25.9 Å². The smallest absolute Gasteiger partial charge is 0.316 e. The first-order valence-electron chi connectivity index (χ1n) is 11.4. The maximum atomic E-state index is 13.7. The highest BCUT2D eigenvalue weighted by Gasteiger charge is 2.34. The number of aromatic nitrogens is 2. The normalized spacial score (nSPS) is 18.5. The molecule has 2 heterocycles. The summed E-state index contributed by atoms with van der Waals surface area (Å²) in [6, 6.07) is 15.9. The predicted octanol–water partition coefficient (Wildman–Crippen LogP) is 2.73. The van der Waals surface area contributed by atoms with Crippen molar-refractivity contribution in [3.8, 4) is 11.4 Å². The third kappa shape index (κ3) is 4.51. The first-order valence-corrected chi connectivity index (χ1v) is 13.3. The fourth-order valence-corrected chi connectivity index (χ4v) is 5.59. The maximum absolute atomic E-state index is 13.7. The highest BCUT2D eigenvalue weighted by molar-refractivity contribution is 7.94. The minimum atomic E-state index is -3.00. The summed E-state index contributed by atoms with van der Waals surface area (Å²) < 4.78 is 31.3. The van der Waals surface area contributed by atoms with Crippen molar-refractivity contribution < 1.29 is 13.5 Å². The topological polar surface area (TPSA) is 87.9 Å². The van der Waals surface area contributed by atoms with Gasteiger partial charge < -0.3 is 9.64 Å². The minimum Gasteiger partial charge on any atom is -0.482 e. The van der Waals surface area contributed by atoms with E-state index in [-0.39, 0.29) is 17.4 Å². The molecule has 1 aliphatic carbocycles. The zero-order chi connectivity index (χ0) is 23.9. The van der Waals surface area contributed by atoms with Gasteiger partial charge in [0.2, 0.25) is 5.75 Å². The first kappa shape index (κ1) is 22.8. The lowest BCUT2D eigenvalue weighted by molar-refractivity contribution is 0.209. The van der Waals surface area contributed by atoms with E-state index < -0.39 is 10.4 Å². The first-order chi connectivity index (χ1) is 16.3. The summed E-state index contributed by atoms with van der Waals surface area (Å²) in [6.45, 7) is 3.81. The van der Waals surface area contributed by atoms with Gasteiger partial charge in [-0.1, -0.05) is 40.7 Å². The molecule has 1 atom stereocenters. The Morgan fingerprint density at radius 3 is 2.32 bits per heavy atom. The molecule has 1 unspecified atom stereocenters. The lowest BCUT2D eigenvalue weighted by atomic mass is 10.1. The molecule has 1 N–H and O–H groups in total. The van der Waals surface area contributed by atoms with Gasteiger partial charge in [0.05, 0.1) is 25.0 Å². The number of ether oxygens (including phenoxy) is 1. The van der Waals surface area contributed by atoms with E-state index in [9.17, 15) is 13.6 Å². The van der Waals surface area contributed by atoms with Gasteiger partial charge in [-0.15, -0.1) is 0 Å². The molecule has 0 amide bonds. The average molecular weight is 482 g/mol. The highest BCUT2D eigenvalue weighted by Crippen LogP contribution is 2.31. The SMILES string of the molecule is Cc1cccc(-n2ncc(N3CCN([S+](C)(=O)O)CC3)c(OC3Cc4ccccc4C3)c2=O)c1. The third-order valence-electron chi connectivity index (χ3n) is 6.52. The third-order valence-corrected chi connectivity index (χ3v) is 7.84. The molecule has 1 aliphatic heterocycles. The summed E-state index contributed by atoms with van der Waals surface area (Å²) in [5.41, 5.74) is 4.54. The van der Waals surface area contributed by atoms with Crippen molar-refractivity contribution in [1.29, 1.82) is 0 Å². The van der Waals surface area contributed by atoms with E-state index in [0.717, 1.165) is 18.4 Å². The van der Waals surface area contributed by atoms with E-state index in [1.54, 1.807) is 10.5 Å². The summed E-state index contributed by atoms with van der Waals surface area (Å²) in [5, 5.41) is 4.47. The fourth-order valence-electron chi connectivity index (χ4n) is 4.75. The molecule has 2 aliphatic rings. The van der Waals surface area contributed by atoms with Gasteiger partial charge in [-0.2, -0.15) is 14.3 Å². The van der Waals surface area contributed by atoms with E-state index in [2.05, 4.69) is 17.2 Å². The second kappa shape index (κ2) is 8.98. The van der Waals surface area contributed by atoms with Crippen LogP contribution in [0.5, 0.6) is 5.75 Å². The average Bonchev–Trinajstić information content (AvgIpc) is 3.22. The molecule has 3 aromatic rings. The molecule has 2 aromatic carbocycles. The van der Waals surface area contributed by atoms with Crippen molar-refractivity contribution in [3.05, 3.63) is 81.8 Å². The van der Waals surface area contributed by atoms with Crippen LogP contribution in [0.1, 0.15) is 16.7 Å². The standard InChI is InChI=1S/C25H28N4O4S/c1-18-6-5-9-21(14-18)29-25(30)24(33-22-15-19-7-3-4-8-20(19)16-22)23(17-26-29)27-10-12-28(13-11-27)34(2,31)32/h3-9,14,17,22H,10-13,15-16H2,1-2H3/p+1. The fraction of sp³-hybridized carbons (Fsp3) is 0.360. The van der Waals surface area contributed by atoms with Gasteiger partial charge >= 0.3 is 5.56 Å². The molecule has 1 saturated heterocycles. The Hall–Kier alpha value is -3.01. The molecule has 5 rings (SSSR count). The quantitative estimate of drug-likeness (QED) is 0.564. The summed E-state index contributed by atoms with van der Waals surface area (Å²) in [4.78, 5) is 15.7. The number of nitrogens with zero attached hydrogens (tertiary/aromatic N) is 4. The zero-order valence-corrected chi connectivity index (χ0v) is 20.2. The molecule has 9 heteroatoms. The lowest BCUT2D eigenvalue weighted by Gasteiger charge is -2.34. The molecule has 1 fully saturated rings. The minimum absolute atomic E-state index is 0.134. The number of anilines is 1. The number of piperazine rings is 1. The molecule has 178 valence electrons. The van der Waals surface area contributed by atoms with Crippen LogP contribution in [0, 0.1) is 6.92 Å². The molecular weight excluding hydrogens is 452 g/mol. The Bertz CT molecular complexity index is 1290. The van der Waals surface area contributed by atoms with E-state index in [0.29, 0.717) is 37.6 Å². The molecule has 0 spiro atoms. The molecule has 0 saturated carbocycles. The number of aryl methyl sites for hydroxylation is 1. The largest absolute Gasteiger partial charge is 0.482 e. The molecule has 0 bridgehead atoms. The van der Waals surface area contributed by atoms with Crippen molar-refractivity contribution in [1.82, 2.24) is 14.1 Å². The van der Waals surface area contributed by atoms with Crippen LogP contribution < -0.4 is 15.2 Å². The molecular formula is C25H29N4O4S+. The van der Waals surface area contributed by atoms with Crippen LogP contribution in [0.25, 0.3) is 5.69 Å². The summed E-state index contributed by atoms with van der Waals surface area (Å²) >= 11 is 0. The van der Waals surface area contributed by atoms with Crippen LogP contribution in [0.3, 0.4) is 0 Å². The Balaban J connectivity index is 1.49. The highest BCUT2D eigenvalue weighted by atomic mass is 32.3. The van der Waals surface area contributed by atoms with E-state index >= 15 is 0 Å². The van der Waals surface area contributed by atoms with Crippen molar-refractivity contribution in [2.45, 2.75) is 25.9 Å². The monoisotopic (exact) mass is 481 g/mol. The zero-order valence-electron chi connectivity index (χ0n) is 19.4. The van der Waals surface area contributed by atoms with E-state index in [4.69, 9.17) is 4.74 Å². The predicted molar refractivity (Wildman–Crippen MR) is 133 cm³/mol. The number of benzene rings is 2. The Labute approximate surface area is 200 Å². The Morgan fingerprint density at radius 2 is 1.71 bits per heavy atom. The Kier molecular flexibility index (Phi) is 6.01.